The van der Waals surface area contributed by atoms with E-state index >= 15 is 0 Å². The maximum absolute atomic E-state index is 12.6. The summed E-state index contributed by atoms with van der Waals surface area (Å²) in [6.07, 6.45) is 8.38. The summed E-state index contributed by atoms with van der Waals surface area (Å²) < 4.78 is 5.36. The summed E-state index contributed by atoms with van der Waals surface area (Å²) in [7, 11) is 1.66. The standard InChI is InChI=1S/C16H17NO3/c1-20-9-5-6-10-12(8-9)16-7-3-2-4-11(16)13(14(10)18)15(19)17-16/h5-6,12H,2-4,7-8H2,1H3,(H,17,19). The Balaban J connectivity index is 1.91. The largest absolute Gasteiger partial charge is 0.501 e. The summed E-state index contributed by atoms with van der Waals surface area (Å²) in [5.74, 6) is 0.695. The van der Waals surface area contributed by atoms with Gasteiger partial charge in [-0.3, -0.25) is 9.59 Å². The Bertz CT molecular complexity index is 626. The molecule has 1 saturated carbocycles. The van der Waals surface area contributed by atoms with Crippen molar-refractivity contribution in [3.8, 4) is 0 Å². The van der Waals surface area contributed by atoms with E-state index in [2.05, 4.69) is 5.32 Å². The van der Waals surface area contributed by atoms with Crippen LogP contribution in [0, 0.1) is 5.92 Å². The van der Waals surface area contributed by atoms with Crippen molar-refractivity contribution in [2.24, 2.45) is 5.92 Å². The first-order valence-electron chi connectivity index (χ1n) is 7.23. The molecule has 0 saturated heterocycles. The van der Waals surface area contributed by atoms with Crippen molar-refractivity contribution >= 4 is 11.7 Å². The molecule has 0 radical (unpaired) electrons. The molecule has 0 aromatic rings. The molecular formula is C16H17NO3. The van der Waals surface area contributed by atoms with Gasteiger partial charge in [0.2, 0.25) is 0 Å². The number of ether oxygens (including phenoxy) is 1. The third kappa shape index (κ3) is 1.27. The number of rotatable bonds is 1. The van der Waals surface area contributed by atoms with Crippen molar-refractivity contribution in [3.05, 3.63) is 34.6 Å². The Kier molecular flexibility index (Phi) is 2.29. The maximum Gasteiger partial charge on any atom is 0.256 e. The molecule has 2 unspecified atom stereocenters. The van der Waals surface area contributed by atoms with Crippen LogP contribution in [-0.2, 0) is 14.3 Å². The number of fused-ring (bicyclic) bond motifs is 1. The first-order chi connectivity index (χ1) is 9.67. The number of ketones is 1. The second kappa shape index (κ2) is 3.84. The Morgan fingerprint density at radius 2 is 2.15 bits per heavy atom. The Hall–Kier alpha value is -1.84. The number of hydrogen-bond donors (Lipinski definition) is 1. The van der Waals surface area contributed by atoms with E-state index in [4.69, 9.17) is 4.74 Å². The van der Waals surface area contributed by atoms with Crippen molar-refractivity contribution in [3.63, 3.8) is 0 Å². The first kappa shape index (κ1) is 11.9. The number of carbonyl (C=O) groups excluding carboxylic acids is 2. The van der Waals surface area contributed by atoms with Crippen LogP contribution >= 0.6 is 0 Å². The third-order valence-corrected chi connectivity index (χ3v) is 5.23. The van der Waals surface area contributed by atoms with Gasteiger partial charge < -0.3 is 10.1 Å². The van der Waals surface area contributed by atoms with Gasteiger partial charge in [-0.1, -0.05) is 12.5 Å². The minimum absolute atomic E-state index is 0.0421. The molecule has 4 rings (SSSR count). The smallest absolute Gasteiger partial charge is 0.256 e. The second-order valence-electron chi connectivity index (χ2n) is 6.03. The lowest BCUT2D eigenvalue weighted by Crippen LogP contribution is -2.53. The number of methoxy groups -OCH3 is 1. The highest BCUT2D eigenvalue weighted by molar-refractivity contribution is 6.29. The number of Topliss-reactive ketones (excluding diaryl/α,β-unsaturated/α-hetero) is 1. The molecule has 104 valence electrons. The van der Waals surface area contributed by atoms with Crippen LogP contribution in [0.3, 0.4) is 0 Å². The fourth-order valence-corrected chi connectivity index (χ4v) is 4.33. The van der Waals surface area contributed by atoms with Gasteiger partial charge in [-0.2, -0.15) is 0 Å². The van der Waals surface area contributed by atoms with Crippen LogP contribution in [0.25, 0.3) is 0 Å². The van der Waals surface area contributed by atoms with E-state index in [9.17, 15) is 9.59 Å². The number of amides is 1. The molecule has 1 heterocycles. The first-order valence-corrected chi connectivity index (χ1v) is 7.23. The average molecular weight is 271 g/mol. The Morgan fingerprint density at radius 3 is 2.95 bits per heavy atom. The van der Waals surface area contributed by atoms with Gasteiger partial charge in [-0.25, -0.2) is 0 Å². The van der Waals surface area contributed by atoms with E-state index in [1.807, 2.05) is 12.2 Å². The summed E-state index contributed by atoms with van der Waals surface area (Å²) in [6.45, 7) is 0. The van der Waals surface area contributed by atoms with Crippen LogP contribution < -0.4 is 5.32 Å². The van der Waals surface area contributed by atoms with E-state index in [1.54, 1.807) is 7.11 Å². The van der Waals surface area contributed by atoms with Crippen molar-refractivity contribution in [2.75, 3.05) is 7.11 Å². The van der Waals surface area contributed by atoms with Crippen LogP contribution in [0.2, 0.25) is 0 Å². The zero-order chi connectivity index (χ0) is 13.9. The molecule has 2 bridgehead atoms. The number of allylic oxidation sites excluding steroid dienone is 3. The van der Waals surface area contributed by atoms with Crippen molar-refractivity contribution in [2.45, 2.75) is 37.6 Å². The van der Waals surface area contributed by atoms with Gasteiger partial charge in [0.05, 0.1) is 24.0 Å². The van der Waals surface area contributed by atoms with Crippen LogP contribution in [0.15, 0.2) is 34.6 Å². The van der Waals surface area contributed by atoms with Crippen LogP contribution in [0.1, 0.15) is 32.1 Å². The second-order valence-corrected chi connectivity index (χ2v) is 6.03. The molecule has 2 atom stereocenters. The summed E-state index contributed by atoms with van der Waals surface area (Å²) in [6, 6.07) is 0. The molecule has 3 aliphatic carbocycles. The summed E-state index contributed by atoms with van der Waals surface area (Å²) in [5, 5.41) is 3.15. The van der Waals surface area contributed by atoms with E-state index < -0.39 is 0 Å². The van der Waals surface area contributed by atoms with Gasteiger partial charge in [0.1, 0.15) is 0 Å². The lowest BCUT2D eigenvalue weighted by Gasteiger charge is -2.46. The zero-order valence-electron chi connectivity index (χ0n) is 11.5. The van der Waals surface area contributed by atoms with Crippen molar-refractivity contribution < 1.29 is 14.3 Å². The molecule has 0 aromatic heterocycles. The molecule has 1 aliphatic heterocycles. The highest BCUT2D eigenvalue weighted by Gasteiger charge is 2.58. The van der Waals surface area contributed by atoms with Gasteiger partial charge in [-0.15, -0.1) is 0 Å². The van der Waals surface area contributed by atoms with Gasteiger partial charge in [-0.05, 0) is 30.9 Å². The van der Waals surface area contributed by atoms with Gasteiger partial charge in [0.15, 0.2) is 5.78 Å². The zero-order valence-corrected chi connectivity index (χ0v) is 11.5. The van der Waals surface area contributed by atoms with Crippen molar-refractivity contribution in [1.82, 2.24) is 5.32 Å². The van der Waals surface area contributed by atoms with Crippen LogP contribution in [-0.4, -0.2) is 24.3 Å². The van der Waals surface area contributed by atoms with E-state index in [0.717, 1.165) is 42.6 Å². The third-order valence-electron chi connectivity index (χ3n) is 5.23. The van der Waals surface area contributed by atoms with E-state index in [1.165, 1.54) is 0 Å². The van der Waals surface area contributed by atoms with E-state index in [0.29, 0.717) is 12.0 Å². The topological polar surface area (TPSA) is 55.4 Å². The minimum atomic E-state index is -0.317. The van der Waals surface area contributed by atoms with Crippen LogP contribution in [0.4, 0.5) is 0 Å². The lowest BCUT2D eigenvalue weighted by atomic mass is 9.61. The Labute approximate surface area is 117 Å². The number of hydrogen-bond acceptors (Lipinski definition) is 3. The quantitative estimate of drug-likeness (QED) is 0.740. The highest BCUT2D eigenvalue weighted by atomic mass is 16.5. The van der Waals surface area contributed by atoms with Crippen molar-refractivity contribution in [1.29, 1.82) is 0 Å². The summed E-state index contributed by atoms with van der Waals surface area (Å²) in [4.78, 5) is 24.9. The Morgan fingerprint density at radius 1 is 1.30 bits per heavy atom. The maximum atomic E-state index is 12.6. The fraction of sp³-hybridized carbons (Fsp3) is 0.500. The summed E-state index contributed by atoms with van der Waals surface area (Å²) >= 11 is 0. The summed E-state index contributed by atoms with van der Waals surface area (Å²) in [5.41, 5.74) is 1.96. The lowest BCUT2D eigenvalue weighted by molar-refractivity contribution is -0.120. The predicted octanol–water partition coefficient (Wildman–Crippen LogP) is 1.78. The number of nitrogens with one attached hydrogen (secondary N) is 1. The normalized spacial score (nSPS) is 35.0. The molecule has 1 fully saturated rings. The predicted molar refractivity (Wildman–Crippen MR) is 72.7 cm³/mol. The van der Waals surface area contributed by atoms with E-state index in [-0.39, 0.29) is 23.1 Å². The molecule has 4 heteroatoms. The van der Waals surface area contributed by atoms with Gasteiger partial charge >= 0.3 is 0 Å². The fourth-order valence-electron chi connectivity index (χ4n) is 4.33. The molecule has 4 aliphatic rings. The molecule has 0 aromatic carbocycles. The SMILES string of the molecule is COC1=CC=C2C(=O)C3=C4CCCCC4(NC3=O)C2C1. The molecule has 0 spiro atoms. The molecule has 4 nitrogen and oxygen atoms in total. The average Bonchev–Trinajstić information content (AvgIpc) is 2.74. The number of carbonyl (C=O) groups is 2. The minimum Gasteiger partial charge on any atom is -0.501 e. The molecular weight excluding hydrogens is 254 g/mol. The molecule has 1 amide bonds. The monoisotopic (exact) mass is 271 g/mol. The molecule has 1 N–H and O–H groups in total. The van der Waals surface area contributed by atoms with Gasteiger partial charge in [0.25, 0.3) is 5.91 Å². The molecule has 20 heavy (non-hydrogen) atoms. The highest BCUT2D eigenvalue weighted by Crippen LogP contribution is 2.53. The van der Waals surface area contributed by atoms with Crippen LogP contribution in [0.5, 0.6) is 0 Å². The van der Waals surface area contributed by atoms with Gasteiger partial charge in [0, 0.05) is 17.9 Å².